The lowest BCUT2D eigenvalue weighted by Crippen LogP contribution is -2.10. The van der Waals surface area contributed by atoms with Crippen LogP contribution in [0.2, 0.25) is 0 Å². The predicted molar refractivity (Wildman–Crippen MR) is 194 cm³/mol. The molecule has 1 aliphatic heterocycles. The number of hydrogen-bond donors (Lipinski definition) is 1. The SMILES string of the molecule is c1ccc(C2Nc3ccc4ccc5ccc(N(c6ccc7oc8ccccc8c7c6)c6cccc7ccccc67)cc5c4c3O2)cc1. The normalized spacial score (nSPS) is 14.1. The van der Waals surface area contributed by atoms with Gasteiger partial charge in [-0.3, -0.25) is 0 Å². The van der Waals surface area contributed by atoms with Gasteiger partial charge in [-0.1, -0.05) is 109 Å². The summed E-state index contributed by atoms with van der Waals surface area (Å²) in [7, 11) is 0. The Bertz CT molecular complexity index is 2650. The number of benzene rings is 8. The maximum absolute atomic E-state index is 6.69. The number of hydrogen-bond acceptors (Lipinski definition) is 4. The highest BCUT2D eigenvalue weighted by Crippen LogP contribution is 2.48. The van der Waals surface area contributed by atoms with E-state index in [1.54, 1.807) is 0 Å². The van der Waals surface area contributed by atoms with E-state index in [-0.39, 0.29) is 6.23 Å². The van der Waals surface area contributed by atoms with E-state index >= 15 is 0 Å². The molecule has 4 heteroatoms. The van der Waals surface area contributed by atoms with E-state index in [1.165, 1.54) is 10.8 Å². The summed E-state index contributed by atoms with van der Waals surface area (Å²) in [6, 6.07) is 55.7. The number of ether oxygens (including phenoxy) is 1. The Morgan fingerprint density at radius 2 is 1.15 bits per heavy atom. The summed E-state index contributed by atoms with van der Waals surface area (Å²) in [5, 5.41) is 12.8. The second-order valence-corrected chi connectivity index (χ2v) is 12.2. The second kappa shape index (κ2) is 10.1. The van der Waals surface area contributed by atoms with Crippen LogP contribution in [-0.2, 0) is 0 Å². The lowest BCUT2D eigenvalue weighted by Gasteiger charge is -2.27. The molecule has 0 saturated carbocycles. The molecule has 0 saturated heterocycles. The van der Waals surface area contributed by atoms with Gasteiger partial charge in [0.15, 0.2) is 12.0 Å². The Balaban J connectivity index is 1.21. The van der Waals surface area contributed by atoms with Crippen LogP contribution >= 0.6 is 0 Å². The maximum Gasteiger partial charge on any atom is 0.196 e. The average molecular weight is 605 g/mol. The maximum atomic E-state index is 6.69. The molecule has 9 aromatic rings. The molecular weight excluding hydrogens is 576 g/mol. The van der Waals surface area contributed by atoms with E-state index in [0.29, 0.717) is 0 Å². The third kappa shape index (κ3) is 4.08. The molecule has 0 amide bonds. The van der Waals surface area contributed by atoms with Crippen LogP contribution in [0.15, 0.2) is 162 Å². The first-order valence-corrected chi connectivity index (χ1v) is 16.0. The van der Waals surface area contributed by atoms with Crippen molar-refractivity contribution in [2.45, 2.75) is 6.23 Å². The highest BCUT2D eigenvalue weighted by molar-refractivity contribution is 6.14. The van der Waals surface area contributed by atoms with Crippen molar-refractivity contribution in [3.63, 3.8) is 0 Å². The Morgan fingerprint density at radius 3 is 2.06 bits per heavy atom. The zero-order valence-corrected chi connectivity index (χ0v) is 25.4. The molecule has 1 N–H and O–H groups in total. The molecule has 2 heterocycles. The van der Waals surface area contributed by atoms with Crippen molar-refractivity contribution < 1.29 is 9.15 Å². The lowest BCUT2D eigenvalue weighted by molar-refractivity contribution is 0.263. The van der Waals surface area contributed by atoms with E-state index in [4.69, 9.17) is 9.15 Å². The molecule has 1 unspecified atom stereocenters. The molecule has 1 aromatic heterocycles. The Labute approximate surface area is 271 Å². The molecule has 0 fully saturated rings. The van der Waals surface area contributed by atoms with Crippen molar-refractivity contribution in [2.75, 3.05) is 10.2 Å². The molecule has 0 radical (unpaired) electrons. The van der Waals surface area contributed by atoms with Crippen LogP contribution in [0.1, 0.15) is 11.8 Å². The number of fused-ring (bicyclic) bond motifs is 9. The largest absolute Gasteiger partial charge is 0.464 e. The van der Waals surface area contributed by atoms with Gasteiger partial charge in [-0.05, 0) is 70.1 Å². The molecule has 4 nitrogen and oxygen atoms in total. The summed E-state index contributed by atoms with van der Waals surface area (Å²) in [4.78, 5) is 2.37. The van der Waals surface area contributed by atoms with Crippen LogP contribution in [0.4, 0.5) is 22.7 Å². The van der Waals surface area contributed by atoms with E-state index in [1.807, 2.05) is 18.2 Å². The average Bonchev–Trinajstić information content (AvgIpc) is 3.74. The molecule has 222 valence electrons. The highest BCUT2D eigenvalue weighted by atomic mass is 16.5. The van der Waals surface area contributed by atoms with E-state index in [9.17, 15) is 0 Å². The van der Waals surface area contributed by atoms with Crippen LogP contribution in [0, 0.1) is 0 Å². The van der Waals surface area contributed by atoms with E-state index in [2.05, 4.69) is 150 Å². The highest BCUT2D eigenvalue weighted by Gasteiger charge is 2.26. The number of rotatable bonds is 4. The molecule has 0 aliphatic carbocycles. The lowest BCUT2D eigenvalue weighted by atomic mass is 9.99. The second-order valence-electron chi connectivity index (χ2n) is 12.2. The number of nitrogens with zero attached hydrogens (tertiary/aromatic N) is 1. The molecule has 8 aromatic carbocycles. The smallest absolute Gasteiger partial charge is 0.196 e. The zero-order valence-electron chi connectivity index (χ0n) is 25.4. The van der Waals surface area contributed by atoms with Crippen molar-refractivity contribution >= 4 is 77.0 Å². The molecule has 0 bridgehead atoms. The van der Waals surface area contributed by atoms with Gasteiger partial charge < -0.3 is 19.4 Å². The Hall–Kier alpha value is -6.26. The van der Waals surface area contributed by atoms with Crippen molar-refractivity contribution in [2.24, 2.45) is 0 Å². The standard InChI is InChI=1S/C43H28N2O2/c1-2-10-30(11-3-1)43-44-37-23-20-29-18-17-28-19-21-31(25-35(28)41(29)42(37)47-43)45(38-15-8-12-27-9-4-5-13-33(27)38)32-22-24-40-36(26-32)34-14-6-7-16-39(34)46-40/h1-26,43-44H. The van der Waals surface area contributed by atoms with Crippen molar-refractivity contribution in [1.82, 2.24) is 0 Å². The quantitative estimate of drug-likeness (QED) is 0.203. The van der Waals surface area contributed by atoms with Gasteiger partial charge in [0.1, 0.15) is 11.2 Å². The van der Waals surface area contributed by atoms with Gasteiger partial charge >= 0.3 is 0 Å². The number of anilines is 4. The van der Waals surface area contributed by atoms with Gasteiger partial charge in [-0.25, -0.2) is 0 Å². The minimum absolute atomic E-state index is 0.237. The molecule has 1 aliphatic rings. The summed E-state index contributed by atoms with van der Waals surface area (Å²) in [5.41, 5.74) is 7.12. The van der Waals surface area contributed by atoms with Crippen molar-refractivity contribution in [3.8, 4) is 5.75 Å². The van der Waals surface area contributed by atoms with Gasteiger partial charge in [-0.15, -0.1) is 0 Å². The fraction of sp³-hybridized carbons (Fsp3) is 0.0233. The summed E-state index contributed by atoms with van der Waals surface area (Å²) < 4.78 is 12.9. The minimum atomic E-state index is -0.237. The molecule has 47 heavy (non-hydrogen) atoms. The van der Waals surface area contributed by atoms with Crippen molar-refractivity contribution in [1.29, 1.82) is 0 Å². The number of furan rings is 1. The van der Waals surface area contributed by atoms with E-state index < -0.39 is 0 Å². The fourth-order valence-electron chi connectivity index (χ4n) is 7.23. The Morgan fingerprint density at radius 1 is 0.489 bits per heavy atom. The third-order valence-electron chi connectivity index (χ3n) is 9.45. The van der Waals surface area contributed by atoms with Crippen LogP contribution in [0.3, 0.4) is 0 Å². The first kappa shape index (κ1) is 26.0. The molecule has 10 rings (SSSR count). The Kier molecular flexibility index (Phi) is 5.60. The van der Waals surface area contributed by atoms with Crippen LogP contribution in [-0.4, -0.2) is 0 Å². The molecule has 0 spiro atoms. The van der Waals surface area contributed by atoms with Gasteiger partial charge in [-0.2, -0.15) is 0 Å². The van der Waals surface area contributed by atoms with Crippen molar-refractivity contribution in [3.05, 3.63) is 163 Å². The third-order valence-corrected chi connectivity index (χ3v) is 9.45. The number of nitrogens with one attached hydrogen (secondary N) is 1. The number of para-hydroxylation sites is 1. The first-order valence-electron chi connectivity index (χ1n) is 16.0. The minimum Gasteiger partial charge on any atom is -0.464 e. The summed E-state index contributed by atoms with van der Waals surface area (Å²) in [5.74, 6) is 0.891. The topological polar surface area (TPSA) is 37.6 Å². The van der Waals surface area contributed by atoms with E-state index in [0.717, 1.165) is 77.5 Å². The fourth-order valence-corrected chi connectivity index (χ4v) is 7.23. The van der Waals surface area contributed by atoms with Gasteiger partial charge in [0.25, 0.3) is 0 Å². The summed E-state index contributed by atoms with van der Waals surface area (Å²) >= 11 is 0. The predicted octanol–water partition coefficient (Wildman–Crippen LogP) is 12.0. The first-order chi connectivity index (χ1) is 23.3. The molecule has 1 atom stereocenters. The van der Waals surface area contributed by atoms with Crippen LogP contribution in [0.5, 0.6) is 5.75 Å². The molecular formula is C43H28N2O2. The van der Waals surface area contributed by atoms with Gasteiger partial charge in [0.2, 0.25) is 0 Å². The summed E-state index contributed by atoms with van der Waals surface area (Å²) in [6.07, 6.45) is -0.237. The van der Waals surface area contributed by atoms with Crippen LogP contribution < -0.4 is 15.0 Å². The monoisotopic (exact) mass is 604 g/mol. The van der Waals surface area contributed by atoms with Gasteiger partial charge in [0, 0.05) is 38.5 Å². The summed E-state index contributed by atoms with van der Waals surface area (Å²) in [6.45, 7) is 0. The van der Waals surface area contributed by atoms with Crippen LogP contribution in [0.25, 0.3) is 54.3 Å². The van der Waals surface area contributed by atoms with Gasteiger partial charge in [0.05, 0.1) is 11.4 Å². The zero-order chi connectivity index (χ0) is 30.9.